The third-order valence-corrected chi connectivity index (χ3v) is 9.82. The summed E-state index contributed by atoms with van der Waals surface area (Å²) in [7, 11) is 13.0. The van der Waals surface area contributed by atoms with Crippen LogP contribution in [0.3, 0.4) is 0 Å². The van der Waals surface area contributed by atoms with Gasteiger partial charge in [-0.3, -0.25) is 0 Å². The van der Waals surface area contributed by atoms with E-state index in [4.69, 9.17) is 0 Å². The molecule has 0 bridgehead atoms. The van der Waals surface area contributed by atoms with Gasteiger partial charge in [0.2, 0.25) is 0 Å². The Morgan fingerprint density at radius 3 is 0.818 bits per heavy atom. The van der Waals surface area contributed by atoms with Crippen LogP contribution in [0, 0.1) is 0 Å². The zero-order chi connectivity index (χ0) is 8.31. The normalized spacial score (nSPS) is 10.6. The molecule has 5 heteroatoms. The smallest absolute Gasteiger partial charge is 0.147 e. The second kappa shape index (κ2) is 6.54. The van der Waals surface area contributed by atoms with Gasteiger partial charge in [-0.25, -0.2) is 0 Å². The van der Waals surface area contributed by atoms with Gasteiger partial charge in [0.15, 0.2) is 0 Å². The molecule has 0 unspecified atom stereocenters. The minimum absolute atomic E-state index is 0. The number of nitrogens with zero attached hydrogens (tertiary/aromatic N) is 3. The van der Waals surface area contributed by atoms with E-state index in [-0.39, 0.29) is 12.4 Å². The molecule has 69 valence electrons. The van der Waals surface area contributed by atoms with Crippen molar-refractivity contribution in [3.8, 4) is 0 Å². The number of rotatable bonds is 3. The first kappa shape index (κ1) is 14.6. The van der Waals surface area contributed by atoms with Crippen molar-refractivity contribution in [2.24, 2.45) is 0 Å². The summed E-state index contributed by atoms with van der Waals surface area (Å²) in [5, 5.41) is 0. The van der Waals surface area contributed by atoms with Crippen LogP contribution < -0.4 is 0 Å². The van der Waals surface area contributed by atoms with Crippen molar-refractivity contribution in [1.82, 2.24) is 8.66 Å². The Balaban J connectivity index is 0. The van der Waals surface area contributed by atoms with Crippen molar-refractivity contribution >= 4 is 12.4 Å². The molecule has 0 aliphatic rings. The van der Waals surface area contributed by atoms with Crippen molar-refractivity contribution in [3.63, 3.8) is 0 Å². The average Bonchev–Trinajstić information content (AvgIpc) is 1.59. The van der Waals surface area contributed by atoms with Gasteiger partial charge < -0.3 is 0 Å². The molecule has 0 aliphatic heterocycles. The maximum absolute atomic E-state index is 2.38. The third-order valence-electron chi connectivity index (χ3n) is 1.20. The molecule has 0 amide bonds. The zero-order valence-corrected chi connectivity index (χ0v) is 12.7. The van der Waals surface area contributed by atoms with Crippen LogP contribution in [-0.4, -0.2) is 50.9 Å². The second-order valence-electron chi connectivity index (χ2n) is 2.98. The van der Waals surface area contributed by atoms with E-state index in [9.17, 15) is 0 Å². The van der Waals surface area contributed by atoms with Crippen LogP contribution in [0.2, 0.25) is 0 Å². The maximum atomic E-state index is 2.38. The zero-order valence-electron chi connectivity index (χ0n) is 8.25. The fourth-order valence-electron chi connectivity index (χ4n) is 1.20. The fourth-order valence-corrected chi connectivity index (χ4v) is 9.82. The largest absolute Gasteiger partial charge is 0.147 e. The topological polar surface area (TPSA) is 9.72 Å². The van der Waals surface area contributed by atoms with Crippen molar-refractivity contribution in [2.75, 3.05) is 42.3 Å². The summed E-state index contributed by atoms with van der Waals surface area (Å²) in [4.78, 5) is 0. The summed E-state index contributed by atoms with van der Waals surface area (Å²) < 4.78 is 7.14. The molecule has 11 heavy (non-hydrogen) atoms. The molecule has 0 fully saturated rings. The van der Waals surface area contributed by atoms with Gasteiger partial charge in [0.25, 0.3) is 0 Å². The van der Waals surface area contributed by atoms with Crippen LogP contribution in [0.25, 0.3) is 0 Å². The predicted molar refractivity (Wildman–Crippen MR) is 48.3 cm³/mol. The summed E-state index contributed by atoms with van der Waals surface area (Å²) in [6.07, 6.45) is 0. The molecule has 0 aromatic rings. The van der Waals surface area contributed by atoms with Gasteiger partial charge >= 0.3 is 73.2 Å². The van der Waals surface area contributed by atoms with E-state index in [0.717, 1.165) is 0 Å². The first-order valence-electron chi connectivity index (χ1n) is 3.35. The van der Waals surface area contributed by atoms with E-state index >= 15 is 0 Å². The van der Waals surface area contributed by atoms with Gasteiger partial charge in [-0.05, 0) is 0 Å². The quantitative estimate of drug-likeness (QED) is 0.687. The summed E-state index contributed by atoms with van der Waals surface area (Å²) in [5.74, 6) is 0. The summed E-state index contributed by atoms with van der Waals surface area (Å²) in [5.41, 5.74) is 0. The Labute approximate surface area is 85.5 Å². The van der Waals surface area contributed by atoms with Crippen LogP contribution in [0.5, 0.6) is 0 Å². The molecule has 0 rings (SSSR count). The molecular weight excluding hydrogens is 328 g/mol. The fraction of sp³-hybridized carbons (Fsp3) is 1.00. The van der Waals surface area contributed by atoms with Gasteiger partial charge in [0.1, 0.15) is 0 Å². The van der Waals surface area contributed by atoms with Crippen molar-refractivity contribution in [1.29, 1.82) is 0 Å². The molecule has 0 atom stereocenters. The minimum atomic E-state index is -1.67. The van der Waals surface area contributed by atoms with Gasteiger partial charge in [-0.1, -0.05) is 0 Å². The SMILES string of the molecule is C[N](C)[Hf]([N](C)C)[N](C)C.Cl. The van der Waals surface area contributed by atoms with Crippen molar-refractivity contribution < 1.29 is 22.3 Å². The summed E-state index contributed by atoms with van der Waals surface area (Å²) in [6.45, 7) is 0. The molecular formula is C6H19ClHfN3. The molecule has 0 aliphatic carbocycles. The second-order valence-corrected chi connectivity index (χ2v) is 14.8. The van der Waals surface area contributed by atoms with Gasteiger partial charge in [-0.2, -0.15) is 0 Å². The summed E-state index contributed by atoms with van der Waals surface area (Å²) in [6, 6.07) is 0. The summed E-state index contributed by atoms with van der Waals surface area (Å²) >= 11 is -1.67. The Kier molecular flexibility index (Phi) is 8.66. The average molecular weight is 347 g/mol. The predicted octanol–water partition coefficient (Wildman–Crippen LogP) is 0.456. The molecule has 0 heterocycles. The van der Waals surface area contributed by atoms with Crippen LogP contribution in [0.4, 0.5) is 0 Å². The molecule has 0 aromatic carbocycles. The maximum Gasteiger partial charge on any atom is -0.147 e. The Morgan fingerprint density at radius 2 is 0.818 bits per heavy atom. The Hall–Kier alpha value is 1.04. The molecule has 3 nitrogen and oxygen atoms in total. The number of halogens is 1. The standard InChI is InChI=1S/3C2H6N.ClH.Hf/c3*1-3-2;;/h3*1-2H3;1H;/q3*-1;;+3. The molecule has 0 spiro atoms. The Bertz CT molecular complexity index is 78.8. The van der Waals surface area contributed by atoms with Gasteiger partial charge in [-0.15, -0.1) is 12.4 Å². The number of hydrogen-bond acceptors (Lipinski definition) is 3. The Morgan fingerprint density at radius 1 is 0.636 bits per heavy atom. The van der Waals surface area contributed by atoms with E-state index in [2.05, 4.69) is 50.9 Å². The molecule has 0 saturated carbocycles. The third kappa shape index (κ3) is 5.31. The van der Waals surface area contributed by atoms with E-state index < -0.39 is 22.3 Å². The van der Waals surface area contributed by atoms with E-state index in [1.54, 1.807) is 0 Å². The van der Waals surface area contributed by atoms with Crippen LogP contribution in [-0.2, 0) is 22.3 Å². The molecule has 0 saturated heterocycles. The minimum Gasteiger partial charge on any atom is -0.147 e. The van der Waals surface area contributed by atoms with Crippen LogP contribution >= 0.6 is 12.4 Å². The van der Waals surface area contributed by atoms with Crippen LogP contribution in [0.1, 0.15) is 0 Å². The van der Waals surface area contributed by atoms with E-state index in [0.29, 0.717) is 0 Å². The van der Waals surface area contributed by atoms with Crippen LogP contribution in [0.15, 0.2) is 0 Å². The molecule has 0 N–H and O–H groups in total. The monoisotopic (exact) mass is 348 g/mol. The van der Waals surface area contributed by atoms with Crippen molar-refractivity contribution in [3.05, 3.63) is 0 Å². The van der Waals surface area contributed by atoms with E-state index in [1.165, 1.54) is 0 Å². The van der Waals surface area contributed by atoms with Gasteiger partial charge in [0, 0.05) is 0 Å². The molecule has 0 aromatic heterocycles. The molecule has 0 radical (unpaired) electrons. The number of hydrogen-bond donors (Lipinski definition) is 0. The first-order valence-corrected chi connectivity index (χ1v) is 8.17. The van der Waals surface area contributed by atoms with Crippen molar-refractivity contribution in [2.45, 2.75) is 0 Å². The van der Waals surface area contributed by atoms with Gasteiger partial charge in [0.05, 0.1) is 0 Å². The van der Waals surface area contributed by atoms with E-state index in [1.807, 2.05) is 0 Å². The first-order chi connectivity index (χ1) is 4.46.